The first-order valence-corrected chi connectivity index (χ1v) is 7.65. The Balaban J connectivity index is 2.07. The maximum absolute atomic E-state index is 3.64. The Morgan fingerprint density at radius 2 is 1.68 bits per heavy atom. The van der Waals surface area contributed by atoms with Crippen LogP contribution < -0.4 is 5.32 Å². The fraction of sp³-hybridized carbons (Fsp3) is 0.412. The van der Waals surface area contributed by atoms with E-state index >= 15 is 0 Å². The first-order valence-electron chi connectivity index (χ1n) is 6.84. The van der Waals surface area contributed by atoms with E-state index in [2.05, 4.69) is 64.2 Å². The van der Waals surface area contributed by atoms with Crippen molar-refractivity contribution >= 4 is 11.3 Å². The monoisotopic (exact) mass is 273 g/mol. The number of thiophene rings is 1. The average Bonchev–Trinajstić information content (AvgIpc) is 2.74. The lowest BCUT2D eigenvalue weighted by molar-refractivity contribution is 0.580. The quantitative estimate of drug-likeness (QED) is 0.841. The molecule has 0 amide bonds. The van der Waals surface area contributed by atoms with Gasteiger partial charge in [0.15, 0.2) is 0 Å². The van der Waals surface area contributed by atoms with Gasteiger partial charge in [-0.25, -0.2) is 0 Å². The molecule has 0 saturated carbocycles. The van der Waals surface area contributed by atoms with Gasteiger partial charge in [-0.2, -0.15) is 0 Å². The summed E-state index contributed by atoms with van der Waals surface area (Å²) < 4.78 is 0. The van der Waals surface area contributed by atoms with E-state index in [1.165, 1.54) is 32.0 Å². The molecule has 1 aromatic heterocycles. The fourth-order valence-electron chi connectivity index (χ4n) is 2.53. The predicted molar refractivity (Wildman–Crippen MR) is 85.0 cm³/mol. The molecular weight excluding hydrogens is 250 g/mol. The van der Waals surface area contributed by atoms with E-state index < -0.39 is 0 Å². The molecule has 1 atom stereocenters. The van der Waals surface area contributed by atoms with Gasteiger partial charge in [-0.05, 0) is 63.4 Å². The van der Waals surface area contributed by atoms with E-state index in [4.69, 9.17) is 0 Å². The topological polar surface area (TPSA) is 12.0 Å². The molecule has 102 valence electrons. The number of hydrogen-bond acceptors (Lipinski definition) is 2. The SMILES string of the molecule is Cc1cc(C)c(CNC(C)c2ccc(C)s2)c(C)c1. The Morgan fingerprint density at radius 3 is 2.21 bits per heavy atom. The first kappa shape index (κ1) is 14.3. The molecule has 1 unspecified atom stereocenters. The minimum atomic E-state index is 0.416. The Morgan fingerprint density at radius 1 is 1.05 bits per heavy atom. The lowest BCUT2D eigenvalue weighted by atomic mass is 9.99. The molecule has 2 heteroatoms. The minimum Gasteiger partial charge on any atom is -0.305 e. The van der Waals surface area contributed by atoms with E-state index in [1.807, 2.05) is 11.3 Å². The second kappa shape index (κ2) is 5.89. The van der Waals surface area contributed by atoms with Crippen LogP contribution in [-0.2, 0) is 6.54 Å². The van der Waals surface area contributed by atoms with Gasteiger partial charge in [-0.15, -0.1) is 11.3 Å². The van der Waals surface area contributed by atoms with Gasteiger partial charge in [0, 0.05) is 22.3 Å². The largest absolute Gasteiger partial charge is 0.305 e. The van der Waals surface area contributed by atoms with E-state index in [0.29, 0.717) is 6.04 Å². The van der Waals surface area contributed by atoms with Crippen LogP contribution in [0, 0.1) is 27.7 Å². The van der Waals surface area contributed by atoms with Gasteiger partial charge in [0.05, 0.1) is 0 Å². The summed E-state index contributed by atoms with van der Waals surface area (Å²) in [5.41, 5.74) is 5.56. The van der Waals surface area contributed by atoms with Crippen molar-refractivity contribution in [1.82, 2.24) is 5.32 Å². The summed E-state index contributed by atoms with van der Waals surface area (Å²) >= 11 is 1.88. The molecule has 0 fully saturated rings. The standard InChI is InChI=1S/C17H23NS/c1-11-8-12(2)16(13(3)9-11)10-18-15(5)17-7-6-14(4)19-17/h6-9,15,18H,10H2,1-5H3. The van der Waals surface area contributed by atoms with Crippen LogP contribution in [0.5, 0.6) is 0 Å². The molecule has 0 spiro atoms. The smallest absolute Gasteiger partial charge is 0.0388 e. The van der Waals surface area contributed by atoms with Crippen molar-refractivity contribution in [2.24, 2.45) is 0 Å². The van der Waals surface area contributed by atoms with Crippen LogP contribution in [0.25, 0.3) is 0 Å². The third-order valence-corrected chi connectivity index (χ3v) is 4.80. The lowest BCUT2D eigenvalue weighted by Crippen LogP contribution is -2.18. The summed E-state index contributed by atoms with van der Waals surface area (Å²) in [5.74, 6) is 0. The van der Waals surface area contributed by atoms with E-state index in [-0.39, 0.29) is 0 Å². The van der Waals surface area contributed by atoms with Gasteiger partial charge >= 0.3 is 0 Å². The number of nitrogens with one attached hydrogen (secondary N) is 1. The van der Waals surface area contributed by atoms with Crippen LogP contribution in [0.3, 0.4) is 0 Å². The molecule has 0 aliphatic rings. The first-order chi connectivity index (χ1) is 8.97. The minimum absolute atomic E-state index is 0.416. The van der Waals surface area contributed by atoms with Gasteiger partial charge in [-0.3, -0.25) is 0 Å². The molecule has 0 bridgehead atoms. The molecule has 1 heterocycles. The van der Waals surface area contributed by atoms with Gasteiger partial charge in [0.2, 0.25) is 0 Å². The fourth-order valence-corrected chi connectivity index (χ4v) is 3.43. The maximum Gasteiger partial charge on any atom is 0.0388 e. The van der Waals surface area contributed by atoms with E-state index in [0.717, 1.165) is 6.54 Å². The third kappa shape index (κ3) is 3.46. The second-order valence-electron chi connectivity index (χ2n) is 5.43. The highest BCUT2D eigenvalue weighted by Gasteiger charge is 2.09. The van der Waals surface area contributed by atoms with Crippen molar-refractivity contribution in [3.05, 3.63) is 56.3 Å². The van der Waals surface area contributed by atoms with Crippen LogP contribution in [0.4, 0.5) is 0 Å². The van der Waals surface area contributed by atoms with Crippen molar-refractivity contribution in [3.63, 3.8) is 0 Å². The number of rotatable bonds is 4. The van der Waals surface area contributed by atoms with Crippen molar-refractivity contribution in [2.75, 3.05) is 0 Å². The van der Waals surface area contributed by atoms with Gasteiger partial charge in [-0.1, -0.05) is 17.7 Å². The molecule has 2 aromatic rings. The number of benzene rings is 1. The van der Waals surface area contributed by atoms with Crippen LogP contribution in [0.1, 0.15) is 45.0 Å². The highest BCUT2D eigenvalue weighted by atomic mass is 32.1. The molecule has 0 aliphatic carbocycles. The van der Waals surface area contributed by atoms with E-state index in [1.54, 1.807) is 0 Å². The van der Waals surface area contributed by atoms with E-state index in [9.17, 15) is 0 Å². The molecule has 0 aliphatic heterocycles. The van der Waals surface area contributed by atoms with Crippen LogP contribution in [-0.4, -0.2) is 0 Å². The molecule has 19 heavy (non-hydrogen) atoms. The van der Waals surface area contributed by atoms with Gasteiger partial charge in [0.25, 0.3) is 0 Å². The van der Waals surface area contributed by atoms with Crippen LogP contribution in [0.15, 0.2) is 24.3 Å². The average molecular weight is 273 g/mol. The van der Waals surface area contributed by atoms with Crippen molar-refractivity contribution in [2.45, 2.75) is 47.2 Å². The van der Waals surface area contributed by atoms with Crippen molar-refractivity contribution in [1.29, 1.82) is 0 Å². The van der Waals surface area contributed by atoms with Gasteiger partial charge in [0.1, 0.15) is 0 Å². The van der Waals surface area contributed by atoms with Crippen LogP contribution >= 0.6 is 11.3 Å². The maximum atomic E-state index is 3.64. The summed E-state index contributed by atoms with van der Waals surface area (Å²) in [6, 6.07) is 9.37. The van der Waals surface area contributed by atoms with Gasteiger partial charge < -0.3 is 5.32 Å². The Kier molecular flexibility index (Phi) is 4.43. The second-order valence-corrected chi connectivity index (χ2v) is 6.75. The molecule has 2 rings (SSSR count). The Bertz CT molecular complexity index is 545. The molecule has 0 radical (unpaired) electrons. The Labute approximate surface area is 120 Å². The lowest BCUT2D eigenvalue weighted by Gasteiger charge is -2.16. The van der Waals surface area contributed by atoms with Crippen molar-refractivity contribution < 1.29 is 0 Å². The number of aryl methyl sites for hydroxylation is 4. The summed E-state index contributed by atoms with van der Waals surface area (Å²) in [4.78, 5) is 2.80. The highest BCUT2D eigenvalue weighted by Crippen LogP contribution is 2.23. The number of hydrogen-bond donors (Lipinski definition) is 1. The molecule has 0 saturated heterocycles. The zero-order valence-electron chi connectivity index (χ0n) is 12.5. The summed E-state index contributed by atoms with van der Waals surface area (Å²) in [6.45, 7) is 11.9. The van der Waals surface area contributed by atoms with Crippen LogP contribution in [0.2, 0.25) is 0 Å². The molecule has 1 N–H and O–H groups in total. The van der Waals surface area contributed by atoms with Crippen molar-refractivity contribution in [3.8, 4) is 0 Å². The third-order valence-electron chi connectivity index (χ3n) is 3.61. The normalized spacial score (nSPS) is 12.7. The molecular formula is C17H23NS. The summed E-state index contributed by atoms with van der Waals surface area (Å²) in [5, 5.41) is 3.64. The highest BCUT2D eigenvalue weighted by molar-refractivity contribution is 7.12. The molecule has 1 aromatic carbocycles. The predicted octanol–water partition coefficient (Wildman–Crippen LogP) is 4.83. The summed E-state index contributed by atoms with van der Waals surface area (Å²) in [7, 11) is 0. The Hall–Kier alpha value is -1.12. The zero-order chi connectivity index (χ0) is 14.0. The molecule has 1 nitrogen and oxygen atoms in total. The zero-order valence-corrected chi connectivity index (χ0v) is 13.3. The summed E-state index contributed by atoms with van der Waals surface area (Å²) in [6.07, 6.45) is 0.